The van der Waals surface area contributed by atoms with Crippen LogP contribution < -0.4 is 0 Å². The molecule has 0 atom stereocenters. The van der Waals surface area contributed by atoms with Crippen LogP contribution >= 0.6 is 0 Å². The van der Waals surface area contributed by atoms with Crippen LogP contribution in [-0.2, 0) is 0 Å². The fourth-order valence-corrected chi connectivity index (χ4v) is 1.40. The number of rotatable bonds is 4. The molecule has 0 spiro atoms. The topological polar surface area (TPSA) is 30.2 Å². The number of Topliss-reactive ketones (excluding diaryl/α,β-unsaturated/α-hetero) is 1. The molecule has 0 saturated carbocycles. The van der Waals surface area contributed by atoms with E-state index in [0.29, 0.717) is 12.2 Å². The van der Waals surface area contributed by atoms with Crippen molar-refractivity contribution in [2.24, 2.45) is 0 Å². The molecule has 0 radical (unpaired) electrons. The first-order valence-corrected chi connectivity index (χ1v) is 5.14. The molecule has 0 fully saturated rings. The van der Waals surface area contributed by atoms with E-state index >= 15 is 0 Å². The molecular formula is C14H12O2. The molecule has 0 amide bonds. The Balaban J connectivity index is 1.93. The van der Waals surface area contributed by atoms with Crippen molar-refractivity contribution in [3.63, 3.8) is 0 Å². The molecule has 0 aliphatic rings. The summed E-state index contributed by atoms with van der Waals surface area (Å²) in [6, 6.07) is 13.3. The molecule has 1 aromatic carbocycles. The predicted molar refractivity (Wildman–Crippen MR) is 63.1 cm³/mol. The first-order chi connectivity index (χ1) is 7.86. The van der Waals surface area contributed by atoms with Crippen molar-refractivity contribution < 1.29 is 9.21 Å². The van der Waals surface area contributed by atoms with Gasteiger partial charge in [0.05, 0.1) is 6.26 Å². The van der Waals surface area contributed by atoms with E-state index in [2.05, 4.69) is 0 Å². The molecule has 2 heteroatoms. The number of allylic oxidation sites excluding steroid dienone is 1. The maximum Gasteiger partial charge on any atom is 0.201 e. The summed E-state index contributed by atoms with van der Waals surface area (Å²) < 4.78 is 5.01. The third-order valence-corrected chi connectivity index (χ3v) is 2.21. The molecule has 0 N–H and O–H groups in total. The van der Waals surface area contributed by atoms with Crippen LogP contribution in [0.1, 0.15) is 22.5 Å². The minimum Gasteiger partial charge on any atom is -0.461 e. The normalized spacial score (nSPS) is 10.8. The summed E-state index contributed by atoms with van der Waals surface area (Å²) in [5.41, 5.74) is 1.09. The lowest BCUT2D eigenvalue weighted by atomic mass is 10.1. The molecule has 2 nitrogen and oxygen atoms in total. The first-order valence-electron chi connectivity index (χ1n) is 5.14. The van der Waals surface area contributed by atoms with Crippen LogP contribution in [0.25, 0.3) is 6.08 Å². The second-order valence-electron chi connectivity index (χ2n) is 3.42. The minimum absolute atomic E-state index is 0.00261. The zero-order chi connectivity index (χ0) is 11.2. The smallest absolute Gasteiger partial charge is 0.201 e. The van der Waals surface area contributed by atoms with Crippen LogP contribution in [0.15, 0.2) is 59.2 Å². The van der Waals surface area contributed by atoms with Gasteiger partial charge in [-0.15, -0.1) is 0 Å². The SMILES string of the molecule is O=C(C/C=C/c1ccccc1)c1ccco1. The molecule has 80 valence electrons. The zero-order valence-electron chi connectivity index (χ0n) is 8.80. The quantitative estimate of drug-likeness (QED) is 0.725. The predicted octanol–water partition coefficient (Wildman–Crippen LogP) is 3.57. The summed E-state index contributed by atoms with van der Waals surface area (Å²) in [6.45, 7) is 0. The van der Waals surface area contributed by atoms with Gasteiger partial charge in [0.25, 0.3) is 0 Å². The Kier molecular flexibility index (Phi) is 3.34. The van der Waals surface area contributed by atoms with Crippen LogP contribution in [0.4, 0.5) is 0 Å². The third-order valence-electron chi connectivity index (χ3n) is 2.21. The highest BCUT2D eigenvalue weighted by Gasteiger charge is 2.05. The molecule has 0 unspecified atom stereocenters. The van der Waals surface area contributed by atoms with Crippen molar-refractivity contribution in [3.05, 3.63) is 66.1 Å². The van der Waals surface area contributed by atoms with Gasteiger partial charge in [-0.2, -0.15) is 0 Å². The summed E-state index contributed by atoms with van der Waals surface area (Å²) >= 11 is 0. The van der Waals surface area contributed by atoms with Crippen molar-refractivity contribution in [3.8, 4) is 0 Å². The Hall–Kier alpha value is -2.09. The number of hydrogen-bond donors (Lipinski definition) is 0. The molecule has 16 heavy (non-hydrogen) atoms. The van der Waals surface area contributed by atoms with Crippen LogP contribution in [0.3, 0.4) is 0 Å². The molecule has 0 saturated heterocycles. The zero-order valence-corrected chi connectivity index (χ0v) is 8.80. The lowest BCUT2D eigenvalue weighted by molar-refractivity contribution is 0.0969. The van der Waals surface area contributed by atoms with Gasteiger partial charge in [-0.3, -0.25) is 4.79 Å². The number of ketones is 1. The third kappa shape index (κ3) is 2.70. The van der Waals surface area contributed by atoms with Crippen LogP contribution in [0.2, 0.25) is 0 Å². The molecule has 0 aliphatic heterocycles. The Morgan fingerprint density at radius 1 is 1.12 bits per heavy atom. The van der Waals surface area contributed by atoms with Gasteiger partial charge in [0.2, 0.25) is 5.78 Å². The van der Waals surface area contributed by atoms with Crippen molar-refractivity contribution >= 4 is 11.9 Å². The van der Waals surface area contributed by atoms with E-state index in [0.717, 1.165) is 5.56 Å². The van der Waals surface area contributed by atoms with Crippen molar-refractivity contribution in [2.75, 3.05) is 0 Å². The highest BCUT2D eigenvalue weighted by Crippen LogP contribution is 2.07. The van der Waals surface area contributed by atoms with E-state index in [1.54, 1.807) is 12.1 Å². The fraction of sp³-hybridized carbons (Fsp3) is 0.0714. The Morgan fingerprint density at radius 3 is 2.62 bits per heavy atom. The molecule has 1 aromatic heterocycles. The van der Waals surface area contributed by atoms with Gasteiger partial charge in [0.1, 0.15) is 0 Å². The summed E-state index contributed by atoms with van der Waals surface area (Å²) in [5.74, 6) is 0.412. The first kappa shape index (κ1) is 10.4. The van der Waals surface area contributed by atoms with Crippen molar-refractivity contribution in [2.45, 2.75) is 6.42 Å². The molecule has 0 aliphatic carbocycles. The van der Waals surface area contributed by atoms with Gasteiger partial charge in [0, 0.05) is 6.42 Å². The standard InChI is InChI=1S/C14H12O2/c15-13(14-10-5-11-16-14)9-4-8-12-6-2-1-3-7-12/h1-8,10-11H,9H2/b8-4+. The monoisotopic (exact) mass is 212 g/mol. The summed E-state index contributed by atoms with van der Waals surface area (Å²) in [6.07, 6.45) is 5.65. The van der Waals surface area contributed by atoms with Crippen molar-refractivity contribution in [1.82, 2.24) is 0 Å². The maximum absolute atomic E-state index is 11.6. The van der Waals surface area contributed by atoms with E-state index in [-0.39, 0.29) is 5.78 Å². The summed E-state index contributed by atoms with van der Waals surface area (Å²) in [5, 5.41) is 0. The van der Waals surface area contributed by atoms with E-state index in [9.17, 15) is 4.79 Å². The Morgan fingerprint density at radius 2 is 1.94 bits per heavy atom. The number of carbonyl (C=O) groups is 1. The second-order valence-corrected chi connectivity index (χ2v) is 3.42. The number of hydrogen-bond acceptors (Lipinski definition) is 2. The van der Waals surface area contributed by atoms with Crippen LogP contribution in [-0.4, -0.2) is 5.78 Å². The van der Waals surface area contributed by atoms with E-state index in [1.165, 1.54) is 6.26 Å². The summed E-state index contributed by atoms with van der Waals surface area (Å²) in [7, 11) is 0. The number of carbonyl (C=O) groups excluding carboxylic acids is 1. The van der Waals surface area contributed by atoms with Gasteiger partial charge < -0.3 is 4.42 Å². The van der Waals surface area contributed by atoms with E-state index in [1.807, 2.05) is 42.5 Å². The van der Waals surface area contributed by atoms with Crippen molar-refractivity contribution in [1.29, 1.82) is 0 Å². The Labute approximate surface area is 94.2 Å². The number of benzene rings is 1. The highest BCUT2D eigenvalue weighted by atomic mass is 16.3. The lowest BCUT2D eigenvalue weighted by Crippen LogP contribution is -1.93. The second kappa shape index (κ2) is 5.12. The number of furan rings is 1. The highest BCUT2D eigenvalue weighted by molar-refractivity contribution is 5.94. The molecule has 1 heterocycles. The Bertz CT molecular complexity index is 467. The molecule has 2 aromatic rings. The average molecular weight is 212 g/mol. The van der Waals surface area contributed by atoms with Gasteiger partial charge in [0.15, 0.2) is 5.76 Å². The molecule has 0 bridgehead atoms. The van der Waals surface area contributed by atoms with Gasteiger partial charge in [-0.25, -0.2) is 0 Å². The van der Waals surface area contributed by atoms with Crippen LogP contribution in [0, 0.1) is 0 Å². The van der Waals surface area contributed by atoms with Gasteiger partial charge in [-0.1, -0.05) is 42.5 Å². The average Bonchev–Trinajstić information content (AvgIpc) is 2.84. The van der Waals surface area contributed by atoms with Crippen LogP contribution in [0.5, 0.6) is 0 Å². The summed E-state index contributed by atoms with van der Waals surface area (Å²) in [4.78, 5) is 11.6. The molecular weight excluding hydrogens is 200 g/mol. The van der Waals surface area contributed by atoms with E-state index in [4.69, 9.17) is 4.42 Å². The van der Waals surface area contributed by atoms with Gasteiger partial charge >= 0.3 is 0 Å². The largest absolute Gasteiger partial charge is 0.461 e. The van der Waals surface area contributed by atoms with E-state index < -0.39 is 0 Å². The minimum atomic E-state index is -0.00261. The maximum atomic E-state index is 11.6. The fourth-order valence-electron chi connectivity index (χ4n) is 1.40. The lowest BCUT2D eigenvalue weighted by Gasteiger charge is -1.92. The molecule has 2 rings (SSSR count). The van der Waals surface area contributed by atoms with Gasteiger partial charge in [-0.05, 0) is 17.7 Å².